The second-order valence-electron chi connectivity index (χ2n) is 6.15. The number of hydrogen-bond donors (Lipinski definition) is 2. The Morgan fingerprint density at radius 3 is 2.82 bits per heavy atom. The number of nitrogens with one attached hydrogen (secondary N) is 2. The molecular formula is C19H18N6O2S. The number of aromatic nitrogens is 4. The summed E-state index contributed by atoms with van der Waals surface area (Å²) in [5.41, 5.74) is 2.19. The first kappa shape index (κ1) is 17.9. The van der Waals surface area contributed by atoms with Crippen molar-refractivity contribution in [1.29, 1.82) is 0 Å². The molecule has 0 fully saturated rings. The molecule has 0 bridgehead atoms. The molecule has 3 heterocycles. The molecular weight excluding hydrogens is 376 g/mol. The molecule has 0 saturated heterocycles. The molecule has 4 aromatic rings. The Balaban J connectivity index is 1.36. The van der Waals surface area contributed by atoms with Crippen molar-refractivity contribution in [1.82, 2.24) is 24.6 Å². The van der Waals surface area contributed by atoms with E-state index < -0.39 is 0 Å². The van der Waals surface area contributed by atoms with Gasteiger partial charge in [-0.1, -0.05) is 18.2 Å². The van der Waals surface area contributed by atoms with Gasteiger partial charge in [-0.05, 0) is 23.6 Å². The van der Waals surface area contributed by atoms with Crippen LogP contribution in [0.1, 0.15) is 20.2 Å². The Labute approximate surface area is 164 Å². The lowest BCUT2D eigenvalue weighted by Gasteiger charge is -2.05. The number of thiophene rings is 1. The van der Waals surface area contributed by atoms with Gasteiger partial charge in [0.15, 0.2) is 5.69 Å². The van der Waals surface area contributed by atoms with Crippen LogP contribution >= 0.6 is 11.3 Å². The van der Waals surface area contributed by atoms with E-state index in [-0.39, 0.29) is 17.5 Å². The zero-order valence-electron chi connectivity index (χ0n) is 15.1. The van der Waals surface area contributed by atoms with E-state index in [9.17, 15) is 9.59 Å². The largest absolute Gasteiger partial charge is 0.349 e. The minimum absolute atomic E-state index is 0.225. The van der Waals surface area contributed by atoms with Gasteiger partial charge in [0.05, 0.1) is 22.2 Å². The Kier molecular flexibility index (Phi) is 4.90. The van der Waals surface area contributed by atoms with E-state index in [2.05, 4.69) is 20.7 Å². The highest BCUT2D eigenvalue weighted by Gasteiger charge is 2.15. The van der Waals surface area contributed by atoms with Crippen molar-refractivity contribution in [3.63, 3.8) is 0 Å². The van der Waals surface area contributed by atoms with Crippen LogP contribution in [0.4, 0.5) is 5.82 Å². The number of hydrogen-bond acceptors (Lipinski definition) is 5. The van der Waals surface area contributed by atoms with Gasteiger partial charge >= 0.3 is 0 Å². The molecule has 0 unspecified atom stereocenters. The standard InChI is InChI=1S/C19H18N6O2S/c1-24-17(22-19(27)16-7-4-10-28-16)11-14(23-24)18(26)20-8-9-25-12-21-13-5-2-3-6-15(13)25/h2-7,10-12H,8-9H2,1H3,(H,20,26)(H,22,27). The highest BCUT2D eigenvalue weighted by Crippen LogP contribution is 2.14. The van der Waals surface area contributed by atoms with Crippen molar-refractivity contribution in [3.8, 4) is 0 Å². The normalized spacial score (nSPS) is 10.9. The number of carbonyl (C=O) groups excluding carboxylic acids is 2. The van der Waals surface area contributed by atoms with Crippen LogP contribution in [-0.4, -0.2) is 37.7 Å². The van der Waals surface area contributed by atoms with Crippen LogP contribution in [0.25, 0.3) is 11.0 Å². The summed E-state index contributed by atoms with van der Waals surface area (Å²) in [6.45, 7) is 1.04. The number of imidazole rings is 1. The first-order chi connectivity index (χ1) is 13.6. The number of carbonyl (C=O) groups is 2. The Morgan fingerprint density at radius 1 is 1.14 bits per heavy atom. The number of fused-ring (bicyclic) bond motifs is 1. The topological polar surface area (TPSA) is 93.8 Å². The monoisotopic (exact) mass is 394 g/mol. The van der Waals surface area contributed by atoms with Gasteiger partial charge in [-0.25, -0.2) is 4.98 Å². The highest BCUT2D eigenvalue weighted by atomic mass is 32.1. The number of benzene rings is 1. The average Bonchev–Trinajstić information content (AvgIpc) is 3.43. The van der Waals surface area contributed by atoms with Crippen molar-refractivity contribution in [2.45, 2.75) is 6.54 Å². The van der Waals surface area contributed by atoms with Crippen LogP contribution in [0.3, 0.4) is 0 Å². The van der Waals surface area contributed by atoms with E-state index in [1.54, 1.807) is 25.5 Å². The molecule has 4 rings (SSSR count). The van der Waals surface area contributed by atoms with Gasteiger partial charge in [-0.3, -0.25) is 14.3 Å². The third kappa shape index (κ3) is 3.65. The number of para-hydroxylation sites is 2. The van der Waals surface area contributed by atoms with E-state index in [1.807, 2.05) is 40.3 Å². The van der Waals surface area contributed by atoms with Crippen molar-refractivity contribution >= 4 is 40.0 Å². The number of rotatable bonds is 6. The maximum absolute atomic E-state index is 12.4. The summed E-state index contributed by atoms with van der Waals surface area (Å²) in [6.07, 6.45) is 1.76. The molecule has 28 heavy (non-hydrogen) atoms. The van der Waals surface area contributed by atoms with Crippen molar-refractivity contribution < 1.29 is 9.59 Å². The van der Waals surface area contributed by atoms with Crippen molar-refractivity contribution in [2.24, 2.45) is 7.05 Å². The second kappa shape index (κ2) is 7.65. The molecule has 2 amide bonds. The minimum Gasteiger partial charge on any atom is -0.349 e. The zero-order chi connectivity index (χ0) is 19.5. The van der Waals surface area contributed by atoms with Crippen LogP contribution in [0, 0.1) is 0 Å². The molecule has 0 radical (unpaired) electrons. The molecule has 0 atom stereocenters. The van der Waals surface area contributed by atoms with E-state index >= 15 is 0 Å². The van der Waals surface area contributed by atoms with Gasteiger partial charge in [0.2, 0.25) is 0 Å². The third-order valence-electron chi connectivity index (χ3n) is 4.26. The van der Waals surface area contributed by atoms with Gasteiger partial charge in [0, 0.05) is 26.2 Å². The summed E-state index contributed by atoms with van der Waals surface area (Å²) in [6, 6.07) is 13.0. The lowest BCUT2D eigenvalue weighted by atomic mass is 10.3. The van der Waals surface area contributed by atoms with Gasteiger partial charge in [0.1, 0.15) is 5.82 Å². The number of amides is 2. The van der Waals surface area contributed by atoms with E-state index in [4.69, 9.17) is 0 Å². The Hall–Kier alpha value is -3.46. The highest BCUT2D eigenvalue weighted by molar-refractivity contribution is 7.12. The van der Waals surface area contributed by atoms with Crippen LogP contribution in [0.2, 0.25) is 0 Å². The smallest absolute Gasteiger partial charge is 0.271 e. The summed E-state index contributed by atoms with van der Waals surface area (Å²) in [7, 11) is 1.68. The maximum Gasteiger partial charge on any atom is 0.271 e. The number of aryl methyl sites for hydroxylation is 1. The van der Waals surface area contributed by atoms with Crippen LogP contribution in [-0.2, 0) is 13.6 Å². The minimum atomic E-state index is -0.295. The molecule has 0 aliphatic carbocycles. The lowest BCUT2D eigenvalue weighted by molar-refractivity contribution is 0.0946. The number of anilines is 1. The molecule has 0 aliphatic rings. The average molecular weight is 394 g/mol. The van der Waals surface area contributed by atoms with Gasteiger partial charge in [0.25, 0.3) is 11.8 Å². The number of nitrogens with zero attached hydrogens (tertiary/aromatic N) is 4. The molecule has 0 spiro atoms. The second-order valence-corrected chi connectivity index (χ2v) is 7.10. The molecule has 0 saturated carbocycles. The predicted octanol–water partition coefficient (Wildman–Crippen LogP) is 2.51. The van der Waals surface area contributed by atoms with Crippen LogP contribution in [0.5, 0.6) is 0 Å². The summed E-state index contributed by atoms with van der Waals surface area (Å²) < 4.78 is 3.46. The summed E-state index contributed by atoms with van der Waals surface area (Å²) in [4.78, 5) is 29.5. The van der Waals surface area contributed by atoms with Gasteiger partial charge in [-0.2, -0.15) is 5.10 Å². The summed E-state index contributed by atoms with van der Waals surface area (Å²) >= 11 is 1.35. The maximum atomic E-state index is 12.4. The molecule has 142 valence electrons. The van der Waals surface area contributed by atoms with E-state index in [1.165, 1.54) is 16.0 Å². The predicted molar refractivity (Wildman–Crippen MR) is 108 cm³/mol. The summed E-state index contributed by atoms with van der Waals surface area (Å²) in [5, 5.41) is 11.6. The zero-order valence-corrected chi connectivity index (χ0v) is 15.9. The molecule has 9 heteroatoms. The van der Waals surface area contributed by atoms with Gasteiger partial charge in [-0.15, -0.1) is 11.3 Å². The quantitative estimate of drug-likeness (QED) is 0.525. The SMILES string of the molecule is Cn1nc(C(=O)NCCn2cnc3ccccc32)cc1NC(=O)c1cccs1. The van der Waals surface area contributed by atoms with E-state index in [0.717, 1.165) is 11.0 Å². The first-order valence-electron chi connectivity index (χ1n) is 8.69. The van der Waals surface area contributed by atoms with Crippen molar-refractivity contribution in [3.05, 3.63) is 64.7 Å². The molecule has 1 aromatic carbocycles. The summed E-state index contributed by atoms with van der Waals surface area (Å²) in [5.74, 6) is -0.0576. The molecule has 8 nitrogen and oxygen atoms in total. The van der Waals surface area contributed by atoms with Gasteiger partial charge < -0.3 is 15.2 Å². The molecule has 3 aromatic heterocycles. The van der Waals surface area contributed by atoms with Crippen LogP contribution < -0.4 is 10.6 Å². The van der Waals surface area contributed by atoms with E-state index in [0.29, 0.717) is 23.8 Å². The Bertz CT molecular complexity index is 1130. The third-order valence-corrected chi connectivity index (χ3v) is 5.13. The molecule has 2 N–H and O–H groups in total. The fourth-order valence-corrected chi connectivity index (χ4v) is 3.47. The first-order valence-corrected chi connectivity index (χ1v) is 9.57. The fraction of sp³-hybridized carbons (Fsp3) is 0.158. The fourth-order valence-electron chi connectivity index (χ4n) is 2.85. The lowest BCUT2D eigenvalue weighted by Crippen LogP contribution is -2.27. The Morgan fingerprint density at radius 2 is 2.00 bits per heavy atom. The van der Waals surface area contributed by atoms with Crippen LogP contribution in [0.15, 0.2) is 54.2 Å². The molecule has 0 aliphatic heterocycles. The van der Waals surface area contributed by atoms with Crippen molar-refractivity contribution in [2.75, 3.05) is 11.9 Å².